The molecular formula is C15H24O. The molecule has 0 amide bonds. The normalized spacial score (nSPS) is 18.4. The van der Waals surface area contributed by atoms with Crippen molar-refractivity contribution in [2.75, 3.05) is 0 Å². The van der Waals surface area contributed by atoms with Crippen LogP contribution in [0.5, 0.6) is 0 Å². The Hall–Kier alpha value is -0.850. The van der Waals surface area contributed by atoms with Gasteiger partial charge >= 0.3 is 0 Å². The van der Waals surface area contributed by atoms with Crippen molar-refractivity contribution in [1.29, 1.82) is 0 Å². The van der Waals surface area contributed by atoms with Crippen LogP contribution in [0.2, 0.25) is 0 Å². The average molecular weight is 220 g/mol. The van der Waals surface area contributed by atoms with E-state index in [0.29, 0.717) is 18.1 Å². The van der Waals surface area contributed by atoms with Gasteiger partial charge in [0.25, 0.3) is 0 Å². The molecule has 1 nitrogen and oxygen atoms in total. The Bertz CT molecular complexity index is 257. The van der Waals surface area contributed by atoms with E-state index in [1.807, 2.05) is 6.08 Å². The molecule has 1 rings (SSSR count). The number of hydrogen-bond donors (Lipinski definition) is 0. The van der Waals surface area contributed by atoms with E-state index in [0.717, 1.165) is 18.4 Å². The lowest BCUT2D eigenvalue weighted by Crippen LogP contribution is -2.16. The largest absolute Gasteiger partial charge is 0.295 e. The van der Waals surface area contributed by atoms with E-state index >= 15 is 0 Å². The lowest BCUT2D eigenvalue weighted by molar-refractivity contribution is -0.116. The number of allylic oxidation sites excluding steroid dienone is 3. The molecule has 1 aliphatic rings. The second-order valence-electron chi connectivity index (χ2n) is 4.65. The summed E-state index contributed by atoms with van der Waals surface area (Å²) in [4.78, 5) is 12.1. The number of rotatable bonds is 6. The van der Waals surface area contributed by atoms with Crippen molar-refractivity contribution in [3.05, 3.63) is 24.3 Å². The van der Waals surface area contributed by atoms with Crippen LogP contribution in [0.15, 0.2) is 24.3 Å². The highest BCUT2D eigenvalue weighted by molar-refractivity contribution is 5.95. The van der Waals surface area contributed by atoms with Crippen LogP contribution < -0.4 is 0 Å². The number of carbonyl (C=O) groups excluding carboxylic acids is 1. The molecule has 0 spiro atoms. The lowest BCUT2D eigenvalue weighted by Gasteiger charge is -2.23. The molecule has 1 saturated carbocycles. The zero-order valence-corrected chi connectivity index (χ0v) is 10.5. The smallest absolute Gasteiger partial charge is 0.159 e. The minimum Gasteiger partial charge on any atom is -0.295 e. The van der Waals surface area contributed by atoms with Gasteiger partial charge in [-0.3, -0.25) is 4.79 Å². The van der Waals surface area contributed by atoms with Crippen LogP contribution >= 0.6 is 0 Å². The molecule has 90 valence electrons. The maximum atomic E-state index is 12.1. The summed E-state index contributed by atoms with van der Waals surface area (Å²) in [5.41, 5.74) is 1.11. The van der Waals surface area contributed by atoms with Gasteiger partial charge in [-0.25, -0.2) is 0 Å². The van der Waals surface area contributed by atoms with Gasteiger partial charge in [0.1, 0.15) is 0 Å². The lowest BCUT2D eigenvalue weighted by atomic mass is 9.81. The molecule has 0 atom stereocenters. The van der Waals surface area contributed by atoms with E-state index in [2.05, 4.69) is 19.6 Å². The van der Waals surface area contributed by atoms with E-state index in [1.54, 1.807) is 0 Å². The van der Waals surface area contributed by atoms with Gasteiger partial charge in [0, 0.05) is 6.42 Å². The van der Waals surface area contributed by atoms with Crippen molar-refractivity contribution in [3.63, 3.8) is 0 Å². The topological polar surface area (TPSA) is 17.1 Å². The minimum absolute atomic E-state index is 0.355. The predicted molar refractivity (Wildman–Crippen MR) is 69.4 cm³/mol. The van der Waals surface area contributed by atoms with Crippen molar-refractivity contribution < 1.29 is 4.79 Å². The Morgan fingerprint density at radius 1 is 1.31 bits per heavy atom. The molecule has 0 saturated heterocycles. The fourth-order valence-electron chi connectivity index (χ4n) is 2.52. The fraction of sp³-hybridized carbons (Fsp3) is 0.667. The zero-order chi connectivity index (χ0) is 11.8. The Labute approximate surface area is 99.6 Å². The van der Waals surface area contributed by atoms with E-state index in [4.69, 9.17) is 0 Å². The van der Waals surface area contributed by atoms with Crippen molar-refractivity contribution in [3.8, 4) is 0 Å². The number of ketones is 1. The first kappa shape index (κ1) is 13.2. The third-order valence-electron chi connectivity index (χ3n) is 3.37. The van der Waals surface area contributed by atoms with Gasteiger partial charge in [-0.15, -0.1) is 6.58 Å². The average Bonchev–Trinajstić information content (AvgIpc) is 2.34. The molecule has 0 unspecified atom stereocenters. The van der Waals surface area contributed by atoms with Crippen LogP contribution in [0, 0.1) is 5.92 Å². The molecule has 0 bridgehead atoms. The first-order valence-electron chi connectivity index (χ1n) is 6.63. The SMILES string of the molecule is C=CCCC(=O)C(=CCC)C1CCCCC1. The molecule has 1 aliphatic carbocycles. The summed E-state index contributed by atoms with van der Waals surface area (Å²) >= 11 is 0. The van der Waals surface area contributed by atoms with Gasteiger partial charge in [0.05, 0.1) is 0 Å². The van der Waals surface area contributed by atoms with Crippen LogP contribution in [0.4, 0.5) is 0 Å². The fourth-order valence-corrected chi connectivity index (χ4v) is 2.52. The summed E-state index contributed by atoms with van der Waals surface area (Å²) in [6, 6.07) is 0. The van der Waals surface area contributed by atoms with Gasteiger partial charge in [-0.1, -0.05) is 38.3 Å². The summed E-state index contributed by atoms with van der Waals surface area (Å²) in [5.74, 6) is 0.902. The number of carbonyl (C=O) groups is 1. The molecule has 1 fully saturated rings. The summed E-state index contributed by atoms with van der Waals surface area (Å²) in [6.07, 6.45) is 12.8. The zero-order valence-electron chi connectivity index (χ0n) is 10.5. The standard InChI is InChI=1S/C15H24O/c1-3-5-12-15(16)14(9-4-2)13-10-7-6-8-11-13/h3,9,13H,1,4-8,10-12H2,2H3. The van der Waals surface area contributed by atoms with Crippen LogP contribution in [-0.4, -0.2) is 5.78 Å². The van der Waals surface area contributed by atoms with E-state index in [-0.39, 0.29) is 0 Å². The van der Waals surface area contributed by atoms with Gasteiger partial charge in [0.15, 0.2) is 5.78 Å². The monoisotopic (exact) mass is 220 g/mol. The Morgan fingerprint density at radius 3 is 2.56 bits per heavy atom. The van der Waals surface area contributed by atoms with Crippen LogP contribution in [-0.2, 0) is 4.79 Å². The Morgan fingerprint density at radius 2 is 2.00 bits per heavy atom. The minimum atomic E-state index is 0.355. The van der Waals surface area contributed by atoms with Crippen molar-refractivity contribution >= 4 is 5.78 Å². The summed E-state index contributed by atoms with van der Waals surface area (Å²) in [7, 11) is 0. The molecule has 0 N–H and O–H groups in total. The Kier molecular flexibility index (Phi) is 6.14. The van der Waals surface area contributed by atoms with Gasteiger partial charge in [-0.05, 0) is 37.2 Å². The van der Waals surface area contributed by atoms with E-state index in [9.17, 15) is 4.79 Å². The van der Waals surface area contributed by atoms with Crippen LogP contribution in [0.25, 0.3) is 0 Å². The number of hydrogen-bond acceptors (Lipinski definition) is 1. The van der Waals surface area contributed by atoms with Gasteiger partial charge in [-0.2, -0.15) is 0 Å². The molecule has 0 aliphatic heterocycles. The van der Waals surface area contributed by atoms with E-state index in [1.165, 1.54) is 32.1 Å². The van der Waals surface area contributed by atoms with E-state index < -0.39 is 0 Å². The third kappa shape index (κ3) is 3.96. The molecule has 0 aromatic rings. The molecule has 0 aromatic carbocycles. The highest BCUT2D eigenvalue weighted by atomic mass is 16.1. The van der Waals surface area contributed by atoms with Crippen LogP contribution in [0.1, 0.15) is 58.3 Å². The van der Waals surface area contributed by atoms with Crippen molar-refractivity contribution in [1.82, 2.24) is 0 Å². The highest BCUT2D eigenvalue weighted by Crippen LogP contribution is 2.31. The maximum absolute atomic E-state index is 12.1. The summed E-state index contributed by atoms with van der Waals surface area (Å²) < 4.78 is 0. The molecule has 0 radical (unpaired) electrons. The molecule has 0 aromatic heterocycles. The summed E-state index contributed by atoms with van der Waals surface area (Å²) in [5, 5.41) is 0. The second kappa shape index (κ2) is 7.43. The second-order valence-corrected chi connectivity index (χ2v) is 4.65. The molecule has 1 heteroatoms. The first-order chi connectivity index (χ1) is 7.79. The highest BCUT2D eigenvalue weighted by Gasteiger charge is 2.21. The third-order valence-corrected chi connectivity index (χ3v) is 3.37. The predicted octanol–water partition coefficient (Wildman–Crippen LogP) is 4.44. The van der Waals surface area contributed by atoms with Gasteiger partial charge in [0.2, 0.25) is 0 Å². The molecular weight excluding hydrogens is 196 g/mol. The van der Waals surface area contributed by atoms with Gasteiger partial charge < -0.3 is 0 Å². The first-order valence-corrected chi connectivity index (χ1v) is 6.63. The number of Topliss-reactive ketones (excluding diaryl/α,β-unsaturated/α-hetero) is 1. The molecule has 16 heavy (non-hydrogen) atoms. The van der Waals surface area contributed by atoms with Crippen molar-refractivity contribution in [2.24, 2.45) is 5.92 Å². The molecule has 0 heterocycles. The summed E-state index contributed by atoms with van der Waals surface area (Å²) in [6.45, 7) is 5.79. The van der Waals surface area contributed by atoms with Crippen LogP contribution in [0.3, 0.4) is 0 Å². The van der Waals surface area contributed by atoms with Crippen molar-refractivity contribution in [2.45, 2.75) is 58.3 Å². The quantitative estimate of drug-likeness (QED) is 0.478. The maximum Gasteiger partial charge on any atom is 0.159 e. The Balaban J connectivity index is 2.61.